The van der Waals surface area contributed by atoms with Crippen LogP contribution in [0.5, 0.6) is 0 Å². The summed E-state index contributed by atoms with van der Waals surface area (Å²) in [5.74, 6) is -0.181. The van der Waals surface area contributed by atoms with E-state index in [1.807, 2.05) is 18.2 Å². The van der Waals surface area contributed by atoms with E-state index in [4.69, 9.17) is 19.6 Å². The van der Waals surface area contributed by atoms with E-state index >= 15 is 0 Å². The minimum atomic E-state index is -1.26. The van der Waals surface area contributed by atoms with Crippen molar-refractivity contribution in [3.8, 4) is 0 Å². The van der Waals surface area contributed by atoms with Crippen LogP contribution in [0.4, 0.5) is 17.6 Å². The first-order valence-electron chi connectivity index (χ1n) is 12.0. The third-order valence-corrected chi connectivity index (χ3v) is 5.53. The predicted molar refractivity (Wildman–Crippen MR) is 148 cm³/mol. The molecule has 0 atom stereocenters. The molecular formula is C27H32N6O5. The molecule has 1 fully saturated rings. The lowest BCUT2D eigenvalue weighted by molar-refractivity contribution is -0.134. The summed E-state index contributed by atoms with van der Waals surface area (Å²) in [6.07, 6.45) is 6.47. The van der Waals surface area contributed by atoms with Gasteiger partial charge in [0, 0.05) is 69.4 Å². The van der Waals surface area contributed by atoms with Gasteiger partial charge in [0.25, 0.3) is 0 Å². The van der Waals surface area contributed by atoms with E-state index in [9.17, 15) is 9.59 Å². The van der Waals surface area contributed by atoms with Crippen molar-refractivity contribution < 1.29 is 24.2 Å². The molecule has 0 amide bonds. The minimum absolute atomic E-state index is 0.558. The van der Waals surface area contributed by atoms with Crippen molar-refractivity contribution in [2.45, 2.75) is 6.54 Å². The van der Waals surface area contributed by atoms with Gasteiger partial charge in [-0.25, -0.2) is 9.59 Å². The van der Waals surface area contributed by atoms with E-state index < -0.39 is 11.9 Å². The van der Waals surface area contributed by atoms with E-state index in [0.717, 1.165) is 55.3 Å². The van der Waals surface area contributed by atoms with E-state index in [0.29, 0.717) is 31.2 Å². The van der Waals surface area contributed by atoms with E-state index in [-0.39, 0.29) is 0 Å². The minimum Gasteiger partial charge on any atom is -0.478 e. The molecule has 0 aliphatic carbocycles. The van der Waals surface area contributed by atoms with Gasteiger partial charge in [0.15, 0.2) is 0 Å². The Morgan fingerprint density at radius 2 is 1.63 bits per heavy atom. The predicted octanol–water partition coefficient (Wildman–Crippen LogP) is 3.45. The fourth-order valence-electron chi connectivity index (χ4n) is 3.76. The molecule has 38 heavy (non-hydrogen) atoms. The SMILES string of the molecule is C=CCNc1cc(N2CCN(Cc3ccc4occc4c3)CC2)nc(NCC=C)n1.O=C(O)/C=C/C(=O)O. The molecule has 0 unspecified atom stereocenters. The first-order valence-corrected chi connectivity index (χ1v) is 12.0. The van der Waals surface area contributed by atoms with Crippen molar-refractivity contribution in [1.82, 2.24) is 14.9 Å². The molecule has 1 aliphatic rings. The van der Waals surface area contributed by atoms with Crippen LogP contribution >= 0.6 is 0 Å². The van der Waals surface area contributed by atoms with Gasteiger partial charge in [-0.1, -0.05) is 18.2 Å². The zero-order valence-corrected chi connectivity index (χ0v) is 21.0. The second-order valence-electron chi connectivity index (χ2n) is 8.34. The van der Waals surface area contributed by atoms with Gasteiger partial charge in [-0.15, -0.1) is 13.2 Å². The molecule has 4 rings (SSSR count). The highest BCUT2D eigenvalue weighted by atomic mass is 16.4. The Hall–Kier alpha value is -4.64. The maximum absolute atomic E-state index is 9.55. The number of nitrogens with zero attached hydrogens (tertiary/aromatic N) is 4. The lowest BCUT2D eigenvalue weighted by Crippen LogP contribution is -2.46. The zero-order valence-electron chi connectivity index (χ0n) is 21.0. The number of hydrogen-bond donors (Lipinski definition) is 4. The monoisotopic (exact) mass is 520 g/mol. The lowest BCUT2D eigenvalue weighted by atomic mass is 10.1. The molecule has 0 radical (unpaired) electrons. The normalized spacial score (nSPS) is 13.5. The van der Waals surface area contributed by atoms with Crippen molar-refractivity contribution in [3.63, 3.8) is 0 Å². The van der Waals surface area contributed by atoms with E-state index in [2.05, 4.69) is 56.8 Å². The molecule has 3 aromatic rings. The molecule has 0 bridgehead atoms. The van der Waals surface area contributed by atoms with Crippen LogP contribution in [0, 0.1) is 0 Å². The molecule has 1 aromatic carbocycles. The number of nitrogens with one attached hydrogen (secondary N) is 2. The van der Waals surface area contributed by atoms with E-state index in [1.54, 1.807) is 12.3 Å². The first kappa shape index (κ1) is 27.9. The van der Waals surface area contributed by atoms with Gasteiger partial charge in [-0.05, 0) is 23.8 Å². The number of furan rings is 1. The summed E-state index contributed by atoms with van der Waals surface area (Å²) in [7, 11) is 0. The Morgan fingerprint density at radius 1 is 0.947 bits per heavy atom. The molecule has 11 nitrogen and oxygen atoms in total. The lowest BCUT2D eigenvalue weighted by Gasteiger charge is -2.35. The van der Waals surface area contributed by atoms with Gasteiger partial charge in [0.05, 0.1) is 6.26 Å². The maximum atomic E-state index is 9.55. The van der Waals surface area contributed by atoms with E-state index in [1.165, 1.54) is 5.56 Å². The fourth-order valence-corrected chi connectivity index (χ4v) is 3.76. The molecule has 200 valence electrons. The van der Waals surface area contributed by atoms with Crippen LogP contribution in [0.1, 0.15) is 5.56 Å². The number of rotatable bonds is 11. The van der Waals surface area contributed by atoms with Crippen molar-refractivity contribution in [3.05, 3.63) is 79.6 Å². The van der Waals surface area contributed by atoms with Crippen LogP contribution in [0.2, 0.25) is 0 Å². The Bertz CT molecular complexity index is 1230. The van der Waals surface area contributed by atoms with Crippen LogP contribution in [0.3, 0.4) is 0 Å². The van der Waals surface area contributed by atoms with Gasteiger partial charge in [-0.2, -0.15) is 9.97 Å². The Balaban J connectivity index is 0.000000436. The smallest absolute Gasteiger partial charge is 0.328 e. The second-order valence-corrected chi connectivity index (χ2v) is 8.34. The number of carboxylic acids is 2. The van der Waals surface area contributed by atoms with Crippen LogP contribution in [-0.4, -0.2) is 76.3 Å². The van der Waals surface area contributed by atoms with Gasteiger partial charge in [0.1, 0.15) is 17.2 Å². The number of aromatic nitrogens is 2. The molecule has 4 N–H and O–H groups in total. The Morgan fingerprint density at radius 3 is 2.29 bits per heavy atom. The highest BCUT2D eigenvalue weighted by Gasteiger charge is 2.19. The van der Waals surface area contributed by atoms with Crippen LogP contribution in [0.25, 0.3) is 11.0 Å². The molecule has 3 heterocycles. The summed E-state index contributed by atoms with van der Waals surface area (Å²) in [4.78, 5) is 33.1. The van der Waals surface area contributed by atoms with Gasteiger partial charge < -0.3 is 30.2 Å². The number of aliphatic carboxylic acids is 2. The fraction of sp³-hybridized carbons (Fsp3) is 0.259. The number of benzene rings is 1. The summed E-state index contributed by atoms with van der Waals surface area (Å²) in [5, 5.41) is 23.2. The van der Waals surface area contributed by atoms with Gasteiger partial charge in [-0.3, -0.25) is 4.90 Å². The summed E-state index contributed by atoms with van der Waals surface area (Å²) >= 11 is 0. The zero-order chi connectivity index (χ0) is 27.3. The number of carbonyl (C=O) groups is 2. The van der Waals surface area contributed by atoms with Crippen molar-refractivity contribution >= 4 is 40.5 Å². The third kappa shape index (κ3) is 8.79. The Labute approximate surface area is 220 Å². The highest BCUT2D eigenvalue weighted by Crippen LogP contribution is 2.22. The second kappa shape index (κ2) is 14.2. The quantitative estimate of drug-likeness (QED) is 0.218. The number of anilines is 3. The molecule has 0 saturated carbocycles. The number of carboxylic acid groups (broad SMARTS) is 2. The third-order valence-electron chi connectivity index (χ3n) is 5.53. The molecule has 2 aromatic heterocycles. The average Bonchev–Trinajstić information content (AvgIpc) is 3.38. The van der Waals surface area contributed by atoms with Gasteiger partial charge in [0.2, 0.25) is 5.95 Å². The van der Waals surface area contributed by atoms with Crippen molar-refractivity contribution in [2.75, 3.05) is 54.8 Å². The maximum Gasteiger partial charge on any atom is 0.328 e. The van der Waals surface area contributed by atoms with Crippen LogP contribution in [-0.2, 0) is 16.1 Å². The summed E-state index contributed by atoms with van der Waals surface area (Å²) < 4.78 is 5.44. The van der Waals surface area contributed by atoms with Gasteiger partial charge >= 0.3 is 11.9 Å². The summed E-state index contributed by atoms with van der Waals surface area (Å²) in [6, 6.07) is 10.4. The molecule has 11 heteroatoms. The standard InChI is InChI=1S/C23H28N6O.C4H4O4/c1-3-8-24-21-16-22(27-23(26-21)25-9-4-2)29-12-10-28(11-13-29)17-18-5-6-20-19(15-18)7-14-30-20;5-3(6)1-2-4(7)8/h3-7,14-16H,1-2,8-13,17H2,(H2,24,25,26,27);1-2H,(H,5,6)(H,7,8)/b;2-1+. The number of fused-ring (bicyclic) bond motifs is 1. The van der Waals surface area contributed by atoms with Crippen molar-refractivity contribution in [2.24, 2.45) is 0 Å². The highest BCUT2D eigenvalue weighted by molar-refractivity contribution is 5.89. The molecular weight excluding hydrogens is 488 g/mol. The largest absolute Gasteiger partial charge is 0.478 e. The number of piperazine rings is 1. The topological polar surface area (TPSA) is 144 Å². The molecule has 1 aliphatic heterocycles. The average molecular weight is 521 g/mol. The van der Waals surface area contributed by atoms with Crippen molar-refractivity contribution in [1.29, 1.82) is 0 Å². The van der Waals surface area contributed by atoms with Crippen LogP contribution in [0.15, 0.2) is 78.5 Å². The number of hydrogen-bond acceptors (Lipinski definition) is 9. The Kier molecular flexibility index (Phi) is 10.4. The molecule has 1 saturated heterocycles. The summed E-state index contributed by atoms with van der Waals surface area (Å²) in [5.41, 5.74) is 2.25. The van der Waals surface area contributed by atoms with Crippen LogP contribution < -0.4 is 15.5 Å². The first-order chi connectivity index (χ1) is 18.4. The summed E-state index contributed by atoms with van der Waals surface area (Å²) in [6.45, 7) is 13.5. The molecule has 0 spiro atoms.